The molecule has 2 N–H and O–H groups in total. The van der Waals surface area contributed by atoms with E-state index in [1.807, 2.05) is 30.3 Å². The smallest absolute Gasteiger partial charge is 0.241 e. The van der Waals surface area contributed by atoms with Crippen molar-refractivity contribution < 1.29 is 22.7 Å². The summed E-state index contributed by atoms with van der Waals surface area (Å²) in [6.45, 7) is 0.823. The summed E-state index contributed by atoms with van der Waals surface area (Å²) in [7, 11) is -3.82. The van der Waals surface area contributed by atoms with Crippen molar-refractivity contribution >= 4 is 21.8 Å². The van der Waals surface area contributed by atoms with Crippen molar-refractivity contribution in [3.05, 3.63) is 66.2 Å². The first-order valence-electron chi connectivity index (χ1n) is 10.7. The molecule has 0 radical (unpaired) electrons. The third-order valence-electron chi connectivity index (χ3n) is 5.22. The summed E-state index contributed by atoms with van der Waals surface area (Å²) in [6, 6.07) is 17.5. The van der Waals surface area contributed by atoms with E-state index in [0.29, 0.717) is 26.1 Å². The second kappa shape index (κ2) is 11.8. The summed E-state index contributed by atoms with van der Waals surface area (Å²) in [6.07, 6.45) is 2.43. The number of benzene rings is 2. The third-order valence-corrected chi connectivity index (χ3v) is 6.64. The van der Waals surface area contributed by atoms with Gasteiger partial charge in [-0.2, -0.15) is 0 Å². The van der Waals surface area contributed by atoms with Gasteiger partial charge in [-0.3, -0.25) is 9.59 Å². The first-order valence-corrected chi connectivity index (χ1v) is 12.2. The molecular weight excluding hydrogens is 430 g/mol. The number of hydrogen-bond acceptors (Lipinski definition) is 5. The number of carbonyl (C=O) groups excluding carboxylic acids is 2. The molecule has 2 amide bonds. The predicted octanol–water partition coefficient (Wildman–Crippen LogP) is 1.33. The maximum atomic E-state index is 12.8. The highest BCUT2D eigenvalue weighted by Gasteiger charge is 2.22. The first-order chi connectivity index (χ1) is 15.4. The van der Waals surface area contributed by atoms with Gasteiger partial charge in [-0.05, 0) is 37.0 Å². The summed E-state index contributed by atoms with van der Waals surface area (Å²) in [5.41, 5.74) is 1.02. The average Bonchev–Trinajstić information content (AvgIpc) is 3.34. The maximum Gasteiger partial charge on any atom is 0.241 e. The molecule has 1 heterocycles. The van der Waals surface area contributed by atoms with Gasteiger partial charge in [-0.15, -0.1) is 0 Å². The SMILES string of the molecule is O=C(CN(CCc1ccccc1)C(=O)CNS(=O)(=O)c1ccccc1)NC[C@H]1CCCO1. The van der Waals surface area contributed by atoms with Gasteiger partial charge in [0.05, 0.1) is 24.1 Å². The van der Waals surface area contributed by atoms with Crippen molar-refractivity contribution in [3.8, 4) is 0 Å². The zero-order chi connectivity index (χ0) is 22.8. The second-order valence-electron chi connectivity index (χ2n) is 7.63. The molecule has 0 unspecified atom stereocenters. The minimum atomic E-state index is -3.82. The lowest BCUT2D eigenvalue weighted by Crippen LogP contribution is -2.46. The van der Waals surface area contributed by atoms with E-state index < -0.39 is 22.5 Å². The van der Waals surface area contributed by atoms with Crippen molar-refractivity contribution in [2.24, 2.45) is 0 Å². The largest absolute Gasteiger partial charge is 0.376 e. The fourth-order valence-corrected chi connectivity index (χ4v) is 4.41. The van der Waals surface area contributed by atoms with Crippen LogP contribution in [0.25, 0.3) is 0 Å². The number of nitrogens with zero attached hydrogens (tertiary/aromatic N) is 1. The quantitative estimate of drug-likeness (QED) is 0.528. The lowest BCUT2D eigenvalue weighted by atomic mass is 10.1. The fourth-order valence-electron chi connectivity index (χ4n) is 3.41. The molecule has 172 valence electrons. The predicted molar refractivity (Wildman–Crippen MR) is 120 cm³/mol. The molecule has 2 aromatic rings. The molecule has 0 saturated carbocycles. The topological polar surface area (TPSA) is 105 Å². The monoisotopic (exact) mass is 459 g/mol. The lowest BCUT2D eigenvalue weighted by molar-refractivity contribution is -0.135. The molecule has 32 heavy (non-hydrogen) atoms. The number of sulfonamides is 1. The van der Waals surface area contributed by atoms with Crippen molar-refractivity contribution in [3.63, 3.8) is 0 Å². The van der Waals surface area contributed by atoms with E-state index in [1.165, 1.54) is 17.0 Å². The van der Waals surface area contributed by atoms with Gasteiger partial charge >= 0.3 is 0 Å². The Hall–Kier alpha value is -2.75. The summed E-state index contributed by atoms with van der Waals surface area (Å²) >= 11 is 0. The molecule has 1 aliphatic rings. The third kappa shape index (κ3) is 7.44. The summed E-state index contributed by atoms with van der Waals surface area (Å²) < 4.78 is 32.7. The normalized spacial score (nSPS) is 15.9. The number of rotatable bonds is 11. The van der Waals surface area contributed by atoms with E-state index in [4.69, 9.17) is 4.74 Å². The standard InChI is InChI=1S/C23H29N3O5S/c27-22(24-16-20-10-7-15-31-20)18-26(14-13-19-8-3-1-4-9-19)23(28)17-25-32(29,30)21-11-5-2-6-12-21/h1-6,8-9,11-12,20,25H,7,10,13-18H2,(H,24,27)/t20-/m1/s1. The molecule has 1 fully saturated rings. The van der Waals surface area contributed by atoms with Gasteiger partial charge in [0.2, 0.25) is 21.8 Å². The van der Waals surface area contributed by atoms with Crippen LogP contribution in [0, 0.1) is 0 Å². The molecule has 9 heteroatoms. The molecule has 1 atom stereocenters. The zero-order valence-corrected chi connectivity index (χ0v) is 18.7. The molecule has 1 aliphatic heterocycles. The van der Waals surface area contributed by atoms with Crippen LogP contribution in [0.4, 0.5) is 0 Å². The Bertz CT molecular complexity index is 977. The van der Waals surface area contributed by atoms with Crippen molar-refractivity contribution in [2.75, 3.05) is 32.8 Å². The molecule has 3 rings (SSSR count). The van der Waals surface area contributed by atoms with Gasteiger partial charge in [0, 0.05) is 19.7 Å². The Labute approximate surface area is 189 Å². The summed E-state index contributed by atoms with van der Waals surface area (Å²) in [5.74, 6) is -0.763. The highest BCUT2D eigenvalue weighted by atomic mass is 32.2. The van der Waals surface area contributed by atoms with Crippen LogP contribution < -0.4 is 10.0 Å². The van der Waals surface area contributed by atoms with Gasteiger partial charge in [0.25, 0.3) is 0 Å². The van der Waals surface area contributed by atoms with Crippen molar-refractivity contribution in [2.45, 2.75) is 30.3 Å². The van der Waals surface area contributed by atoms with Crippen LogP contribution in [-0.2, 0) is 30.8 Å². The molecule has 8 nitrogen and oxygen atoms in total. The number of nitrogens with one attached hydrogen (secondary N) is 2. The highest BCUT2D eigenvalue weighted by molar-refractivity contribution is 7.89. The fraction of sp³-hybridized carbons (Fsp3) is 0.391. The van der Waals surface area contributed by atoms with Crippen LogP contribution >= 0.6 is 0 Å². The van der Waals surface area contributed by atoms with E-state index >= 15 is 0 Å². The zero-order valence-electron chi connectivity index (χ0n) is 17.9. The van der Waals surface area contributed by atoms with Crippen LogP contribution in [0.15, 0.2) is 65.6 Å². The number of hydrogen-bond donors (Lipinski definition) is 2. The summed E-state index contributed by atoms with van der Waals surface area (Å²) in [4.78, 5) is 26.7. The average molecular weight is 460 g/mol. The van der Waals surface area contributed by atoms with Gasteiger partial charge in [0.15, 0.2) is 0 Å². The molecule has 1 saturated heterocycles. The molecule has 0 bridgehead atoms. The van der Waals surface area contributed by atoms with Gasteiger partial charge in [-0.1, -0.05) is 48.5 Å². The van der Waals surface area contributed by atoms with Crippen LogP contribution in [0.1, 0.15) is 18.4 Å². The minimum Gasteiger partial charge on any atom is -0.376 e. The van der Waals surface area contributed by atoms with E-state index in [0.717, 1.165) is 18.4 Å². The summed E-state index contributed by atoms with van der Waals surface area (Å²) in [5, 5.41) is 2.81. The van der Waals surface area contributed by atoms with Crippen LogP contribution in [0.2, 0.25) is 0 Å². The number of carbonyl (C=O) groups is 2. The van der Waals surface area contributed by atoms with Gasteiger partial charge in [-0.25, -0.2) is 13.1 Å². The molecule has 0 spiro atoms. The molecule has 2 aromatic carbocycles. The van der Waals surface area contributed by atoms with Crippen molar-refractivity contribution in [1.29, 1.82) is 0 Å². The van der Waals surface area contributed by atoms with Gasteiger partial charge in [0.1, 0.15) is 0 Å². The Kier molecular flexibility index (Phi) is 8.78. The first kappa shape index (κ1) is 23.9. The van der Waals surface area contributed by atoms with E-state index in [-0.39, 0.29) is 23.5 Å². The Balaban J connectivity index is 1.59. The van der Waals surface area contributed by atoms with Crippen LogP contribution in [0.3, 0.4) is 0 Å². The Morgan fingerprint density at radius 1 is 1.03 bits per heavy atom. The van der Waals surface area contributed by atoms with E-state index in [2.05, 4.69) is 10.0 Å². The van der Waals surface area contributed by atoms with Crippen LogP contribution in [0.5, 0.6) is 0 Å². The highest BCUT2D eigenvalue weighted by Crippen LogP contribution is 2.11. The van der Waals surface area contributed by atoms with Gasteiger partial charge < -0.3 is 15.0 Å². The second-order valence-corrected chi connectivity index (χ2v) is 9.39. The lowest BCUT2D eigenvalue weighted by Gasteiger charge is -2.23. The van der Waals surface area contributed by atoms with E-state index in [9.17, 15) is 18.0 Å². The maximum absolute atomic E-state index is 12.8. The molecular formula is C23H29N3O5S. The van der Waals surface area contributed by atoms with E-state index in [1.54, 1.807) is 18.2 Å². The van der Waals surface area contributed by atoms with Crippen molar-refractivity contribution in [1.82, 2.24) is 14.9 Å². The van der Waals surface area contributed by atoms with Crippen LogP contribution in [-0.4, -0.2) is 64.0 Å². The number of ether oxygens (including phenoxy) is 1. The number of amides is 2. The molecule has 0 aromatic heterocycles. The molecule has 0 aliphatic carbocycles. The minimum absolute atomic E-state index is 0.00472. The Morgan fingerprint density at radius 3 is 2.38 bits per heavy atom. The Morgan fingerprint density at radius 2 is 1.72 bits per heavy atom.